The van der Waals surface area contributed by atoms with Gasteiger partial charge in [0.15, 0.2) is 9.84 Å². The molecule has 2 atom stereocenters. The van der Waals surface area contributed by atoms with E-state index in [9.17, 15) is 12.8 Å². The lowest BCUT2D eigenvalue weighted by molar-refractivity contribution is 0.192. The molecule has 0 N–H and O–H groups in total. The van der Waals surface area contributed by atoms with Crippen LogP contribution in [0.3, 0.4) is 0 Å². The van der Waals surface area contributed by atoms with Crippen LogP contribution in [0.2, 0.25) is 0 Å². The molecule has 4 aromatic rings. The van der Waals surface area contributed by atoms with Crippen molar-refractivity contribution in [2.45, 2.75) is 61.0 Å². The van der Waals surface area contributed by atoms with Crippen molar-refractivity contribution in [3.8, 4) is 5.69 Å². The molecule has 0 aliphatic heterocycles. The average molecular weight is 541 g/mol. The van der Waals surface area contributed by atoms with Crippen LogP contribution in [0.5, 0.6) is 0 Å². The molecule has 2 heterocycles. The van der Waals surface area contributed by atoms with E-state index in [-0.39, 0.29) is 11.2 Å². The first-order valence-corrected chi connectivity index (χ1v) is 15.0. The minimum absolute atomic E-state index is 0.237. The van der Waals surface area contributed by atoms with E-state index in [1.165, 1.54) is 17.7 Å². The molecule has 0 spiro atoms. The molecule has 6 nitrogen and oxygen atoms in total. The molecule has 8 heteroatoms. The number of halogens is 1. The monoisotopic (exact) mass is 540 g/mol. The lowest BCUT2D eigenvalue weighted by Crippen LogP contribution is -2.48. The van der Waals surface area contributed by atoms with Gasteiger partial charge in [0.25, 0.3) is 0 Å². The minimum atomic E-state index is -3.53. The molecule has 2 saturated carbocycles. The van der Waals surface area contributed by atoms with Gasteiger partial charge >= 0.3 is 0 Å². The Kier molecular flexibility index (Phi) is 5.43. The van der Waals surface area contributed by atoms with Crippen LogP contribution in [0, 0.1) is 18.2 Å². The molecule has 3 aliphatic rings. The van der Waals surface area contributed by atoms with E-state index in [0.29, 0.717) is 30.6 Å². The number of aromatic nitrogens is 4. The van der Waals surface area contributed by atoms with Gasteiger partial charge in [0, 0.05) is 29.1 Å². The molecule has 7 rings (SSSR count). The summed E-state index contributed by atoms with van der Waals surface area (Å²) in [6, 6.07) is 19.5. The third-order valence-electron chi connectivity index (χ3n) is 9.17. The molecule has 0 bridgehead atoms. The number of pyridine rings is 1. The summed E-state index contributed by atoms with van der Waals surface area (Å²) >= 11 is 0. The number of hydrogen-bond acceptors (Lipinski definition) is 5. The summed E-state index contributed by atoms with van der Waals surface area (Å²) in [5, 5.41) is 8.54. The number of benzene rings is 2. The Morgan fingerprint density at radius 3 is 2.44 bits per heavy atom. The highest BCUT2D eigenvalue weighted by Gasteiger charge is 2.65. The van der Waals surface area contributed by atoms with E-state index in [1.54, 1.807) is 28.9 Å². The van der Waals surface area contributed by atoms with Gasteiger partial charge in [-0.1, -0.05) is 34.5 Å². The Bertz CT molecular complexity index is 1690. The minimum Gasteiger partial charge on any atom is -0.261 e. The predicted molar refractivity (Wildman–Crippen MR) is 147 cm³/mol. The fraction of sp³-hybridized carbons (Fsp3) is 0.323. The van der Waals surface area contributed by atoms with Crippen molar-refractivity contribution in [2.75, 3.05) is 0 Å². The zero-order chi connectivity index (χ0) is 26.8. The van der Waals surface area contributed by atoms with Crippen LogP contribution in [-0.2, 0) is 21.7 Å². The highest BCUT2D eigenvalue weighted by atomic mass is 32.2. The summed E-state index contributed by atoms with van der Waals surface area (Å²) in [4.78, 5) is 5.18. The van der Waals surface area contributed by atoms with Crippen molar-refractivity contribution in [1.29, 1.82) is 0 Å². The van der Waals surface area contributed by atoms with Crippen molar-refractivity contribution in [2.24, 2.45) is 5.41 Å². The molecular formula is C31H29FN4O2S. The summed E-state index contributed by atoms with van der Waals surface area (Å²) in [5.41, 5.74) is 5.14. The van der Waals surface area contributed by atoms with Crippen LogP contribution < -0.4 is 0 Å². The molecule has 2 fully saturated rings. The molecule has 0 radical (unpaired) electrons. The lowest BCUT2D eigenvalue weighted by atomic mass is 9.56. The van der Waals surface area contributed by atoms with Gasteiger partial charge in [-0.05, 0) is 93.6 Å². The van der Waals surface area contributed by atoms with Gasteiger partial charge in [0.2, 0.25) is 0 Å². The van der Waals surface area contributed by atoms with Crippen molar-refractivity contribution < 1.29 is 12.8 Å². The average Bonchev–Trinajstić information content (AvgIpc) is 3.68. The Balaban J connectivity index is 1.35. The second-order valence-electron chi connectivity index (χ2n) is 11.3. The van der Waals surface area contributed by atoms with Crippen molar-refractivity contribution in [3.05, 3.63) is 107 Å². The van der Waals surface area contributed by atoms with Gasteiger partial charge in [-0.15, -0.1) is 5.10 Å². The number of rotatable bonds is 5. The van der Waals surface area contributed by atoms with Crippen LogP contribution in [0.4, 0.5) is 4.39 Å². The first-order valence-electron chi connectivity index (χ1n) is 13.5. The zero-order valence-corrected chi connectivity index (χ0v) is 22.5. The summed E-state index contributed by atoms with van der Waals surface area (Å²) in [6.45, 7) is 1.96. The maximum atomic E-state index is 14.0. The van der Waals surface area contributed by atoms with E-state index >= 15 is 0 Å². The Hall–Kier alpha value is -3.65. The Morgan fingerprint density at radius 1 is 0.974 bits per heavy atom. The molecule has 0 saturated heterocycles. The first kappa shape index (κ1) is 24.4. The summed E-state index contributed by atoms with van der Waals surface area (Å²) in [7, 11) is -3.53. The second kappa shape index (κ2) is 8.68. The van der Waals surface area contributed by atoms with Gasteiger partial charge < -0.3 is 0 Å². The number of aryl methyl sites for hydroxylation is 1. The topological polar surface area (TPSA) is 77.7 Å². The molecule has 198 valence electrons. The number of hydrogen-bond donors (Lipinski definition) is 0. The van der Waals surface area contributed by atoms with Crippen molar-refractivity contribution in [3.63, 3.8) is 0 Å². The molecule has 2 aromatic heterocycles. The largest absolute Gasteiger partial charge is 0.261 e. The van der Waals surface area contributed by atoms with Gasteiger partial charge in [0.05, 0.1) is 27.2 Å². The van der Waals surface area contributed by atoms with Gasteiger partial charge in [-0.2, -0.15) is 0 Å². The number of sulfone groups is 1. The summed E-state index contributed by atoms with van der Waals surface area (Å²) in [5.74, 6) is -0.302. The third kappa shape index (κ3) is 3.72. The smallest absolute Gasteiger partial charge is 0.181 e. The fourth-order valence-corrected chi connectivity index (χ4v) is 8.83. The zero-order valence-electron chi connectivity index (χ0n) is 21.7. The molecule has 39 heavy (non-hydrogen) atoms. The molecular weight excluding hydrogens is 511 g/mol. The van der Waals surface area contributed by atoms with E-state index < -0.39 is 20.5 Å². The SMILES string of the molecule is Cc1ccc(S(=O)(=O)[C@H]2CCC3=Cc4c(nnn4-c4ccc(F)cc4)C[C@]3(C3(c4ccccn4)CC3)C2)cc1. The van der Waals surface area contributed by atoms with Crippen LogP contribution in [0.1, 0.15) is 54.7 Å². The third-order valence-corrected chi connectivity index (χ3v) is 11.4. The quantitative estimate of drug-likeness (QED) is 0.320. The van der Waals surface area contributed by atoms with Crippen LogP contribution >= 0.6 is 0 Å². The maximum Gasteiger partial charge on any atom is 0.181 e. The second-order valence-corrected chi connectivity index (χ2v) is 13.5. The van der Waals surface area contributed by atoms with Gasteiger partial charge in [-0.25, -0.2) is 17.5 Å². The highest BCUT2D eigenvalue weighted by molar-refractivity contribution is 7.92. The van der Waals surface area contributed by atoms with E-state index in [4.69, 9.17) is 4.98 Å². The van der Waals surface area contributed by atoms with E-state index in [2.05, 4.69) is 22.5 Å². The van der Waals surface area contributed by atoms with Crippen molar-refractivity contribution in [1.82, 2.24) is 20.0 Å². The normalized spacial score (nSPS) is 23.4. The van der Waals surface area contributed by atoms with E-state index in [1.807, 2.05) is 37.4 Å². The molecule has 0 amide bonds. The standard InChI is InChI=1S/C31H29FN4O2S/c1-21-5-12-25(13-6-21)39(37,38)26-14-7-22-18-28-27(34-35-36(28)24-10-8-23(32)9-11-24)20-31(22,19-26)30(15-16-30)29-4-2-3-17-33-29/h2-6,8-13,17-18,26H,7,14-16,19-20H2,1H3/t26-,31+/m0/s1. The van der Waals surface area contributed by atoms with E-state index in [0.717, 1.165) is 41.2 Å². The van der Waals surface area contributed by atoms with Crippen LogP contribution in [-0.4, -0.2) is 33.6 Å². The predicted octanol–water partition coefficient (Wildman–Crippen LogP) is 5.79. The van der Waals surface area contributed by atoms with Gasteiger partial charge in [-0.3, -0.25) is 4.98 Å². The van der Waals surface area contributed by atoms with Crippen LogP contribution in [0.15, 0.2) is 83.4 Å². The first-order chi connectivity index (χ1) is 18.8. The summed E-state index contributed by atoms with van der Waals surface area (Å²) in [6.07, 6.45) is 8.30. The fourth-order valence-electron chi connectivity index (χ4n) is 7.00. The molecule has 2 aromatic carbocycles. The number of allylic oxidation sites excluding steroid dienone is 1. The Morgan fingerprint density at radius 2 is 1.74 bits per heavy atom. The summed E-state index contributed by atoms with van der Waals surface area (Å²) < 4.78 is 43.3. The maximum absolute atomic E-state index is 14.0. The highest BCUT2D eigenvalue weighted by Crippen LogP contribution is 2.68. The number of nitrogens with zero attached hydrogens (tertiary/aromatic N) is 4. The molecule has 3 aliphatic carbocycles. The Labute approximate surface area is 227 Å². The van der Waals surface area contributed by atoms with Crippen LogP contribution in [0.25, 0.3) is 11.8 Å². The lowest BCUT2D eigenvalue weighted by Gasteiger charge is -2.50. The number of fused-ring (bicyclic) bond motifs is 2. The molecule has 0 unspecified atom stereocenters. The van der Waals surface area contributed by atoms with Crippen molar-refractivity contribution >= 4 is 15.9 Å². The van der Waals surface area contributed by atoms with Gasteiger partial charge in [0.1, 0.15) is 5.82 Å².